The topological polar surface area (TPSA) is 115 Å². The van der Waals surface area contributed by atoms with Crippen molar-refractivity contribution in [2.45, 2.75) is 0 Å². The number of ether oxygens (including phenoxy) is 1. The predicted octanol–water partition coefficient (Wildman–Crippen LogP) is 0.897. The predicted molar refractivity (Wildman–Crippen MR) is 88.5 cm³/mol. The van der Waals surface area contributed by atoms with Crippen molar-refractivity contribution in [3.05, 3.63) is 60.4 Å². The minimum atomic E-state index is -0.431. The Bertz CT molecular complexity index is 879. The largest absolute Gasteiger partial charge is 0.507 e. The number of carbonyl (C=O) groups is 1. The van der Waals surface area contributed by atoms with Gasteiger partial charge in [-0.05, 0) is 34.7 Å². The maximum atomic E-state index is 11.8. The summed E-state index contributed by atoms with van der Waals surface area (Å²) in [6.45, 7) is -0.211. The maximum Gasteiger partial charge on any atom is 0.277 e. The third-order valence-electron chi connectivity index (χ3n) is 3.13. The van der Waals surface area contributed by atoms with E-state index in [0.717, 1.165) is 0 Å². The Balaban J connectivity index is 1.53. The Morgan fingerprint density at radius 2 is 2.16 bits per heavy atom. The van der Waals surface area contributed by atoms with Crippen molar-refractivity contribution in [1.29, 1.82) is 0 Å². The van der Waals surface area contributed by atoms with Gasteiger partial charge in [0.05, 0.1) is 11.9 Å². The van der Waals surface area contributed by atoms with E-state index in [1.54, 1.807) is 42.5 Å². The minimum Gasteiger partial charge on any atom is -0.507 e. The first-order chi connectivity index (χ1) is 12.2. The summed E-state index contributed by atoms with van der Waals surface area (Å²) in [6, 6.07) is 13.6. The Labute approximate surface area is 142 Å². The van der Waals surface area contributed by atoms with Gasteiger partial charge in [-0.1, -0.05) is 18.2 Å². The van der Waals surface area contributed by atoms with Gasteiger partial charge < -0.3 is 9.84 Å². The normalized spacial score (nSPS) is 10.7. The fraction of sp³-hybridized carbons (Fsp3) is 0.0625. The number of tetrazole rings is 1. The first kappa shape index (κ1) is 16.1. The van der Waals surface area contributed by atoms with E-state index in [0.29, 0.717) is 17.0 Å². The van der Waals surface area contributed by atoms with Crippen molar-refractivity contribution < 1.29 is 14.6 Å². The Morgan fingerprint density at radius 1 is 1.28 bits per heavy atom. The highest BCUT2D eigenvalue weighted by Crippen LogP contribution is 2.15. The molecule has 2 N–H and O–H groups in total. The average molecular weight is 338 g/mol. The molecule has 0 unspecified atom stereocenters. The van der Waals surface area contributed by atoms with Crippen molar-refractivity contribution in [2.24, 2.45) is 5.10 Å². The number of hydrogen-bond donors (Lipinski definition) is 2. The molecule has 9 nitrogen and oxygen atoms in total. The number of phenols is 1. The number of carbonyl (C=O) groups excluding carboxylic acids is 1. The van der Waals surface area contributed by atoms with E-state index in [1.165, 1.54) is 23.3 Å². The Hall–Kier alpha value is -3.75. The summed E-state index contributed by atoms with van der Waals surface area (Å²) in [4.78, 5) is 11.8. The van der Waals surface area contributed by atoms with Crippen LogP contribution in [0.15, 0.2) is 60.0 Å². The van der Waals surface area contributed by atoms with Crippen LogP contribution in [0, 0.1) is 0 Å². The number of aromatic nitrogens is 4. The summed E-state index contributed by atoms with van der Waals surface area (Å²) in [5.41, 5.74) is 3.53. The Kier molecular flexibility index (Phi) is 4.95. The van der Waals surface area contributed by atoms with Gasteiger partial charge >= 0.3 is 0 Å². The lowest BCUT2D eigenvalue weighted by Crippen LogP contribution is -2.24. The fourth-order valence-corrected chi connectivity index (χ4v) is 1.95. The molecule has 1 aromatic heterocycles. The summed E-state index contributed by atoms with van der Waals surface area (Å²) < 4.78 is 6.89. The number of hydrogen-bond acceptors (Lipinski definition) is 7. The number of aromatic hydroxyl groups is 1. The summed E-state index contributed by atoms with van der Waals surface area (Å²) in [5.74, 6) is 0.142. The van der Waals surface area contributed by atoms with E-state index in [1.807, 2.05) is 0 Å². The van der Waals surface area contributed by atoms with Crippen molar-refractivity contribution in [1.82, 2.24) is 25.6 Å². The van der Waals surface area contributed by atoms with E-state index in [4.69, 9.17) is 4.74 Å². The molecule has 0 bridgehead atoms. The monoisotopic (exact) mass is 338 g/mol. The molecule has 3 rings (SSSR count). The maximum absolute atomic E-state index is 11.8. The van der Waals surface area contributed by atoms with Crippen LogP contribution in [0.4, 0.5) is 0 Å². The standard InChI is InChI=1S/C16H14N6O3/c23-15-7-2-1-4-12(15)9-17-19-16(24)10-25-14-6-3-5-13(8-14)22-11-18-20-21-22/h1-9,11,23H,10H2,(H,19,24)/b17-9-. The molecule has 1 heterocycles. The number of hydrazone groups is 1. The number of rotatable bonds is 6. The first-order valence-electron chi connectivity index (χ1n) is 7.28. The van der Waals surface area contributed by atoms with E-state index in [9.17, 15) is 9.90 Å². The van der Waals surface area contributed by atoms with Crippen LogP contribution >= 0.6 is 0 Å². The molecule has 0 aliphatic rings. The molecule has 0 saturated heterocycles. The number of phenolic OH excluding ortho intramolecular Hbond substituents is 1. The smallest absolute Gasteiger partial charge is 0.277 e. The van der Waals surface area contributed by atoms with E-state index in [2.05, 4.69) is 26.1 Å². The molecule has 0 fully saturated rings. The van der Waals surface area contributed by atoms with E-state index >= 15 is 0 Å². The van der Waals surface area contributed by atoms with Gasteiger partial charge in [0.2, 0.25) is 0 Å². The molecule has 0 radical (unpaired) electrons. The molecule has 0 spiro atoms. The molecule has 0 aliphatic carbocycles. The summed E-state index contributed by atoms with van der Waals surface area (Å²) in [6.07, 6.45) is 2.81. The number of nitrogens with one attached hydrogen (secondary N) is 1. The highest BCUT2D eigenvalue weighted by atomic mass is 16.5. The molecule has 3 aromatic rings. The quantitative estimate of drug-likeness (QED) is 0.510. The molecule has 25 heavy (non-hydrogen) atoms. The lowest BCUT2D eigenvalue weighted by Gasteiger charge is -2.06. The Morgan fingerprint density at radius 3 is 2.96 bits per heavy atom. The molecule has 0 aliphatic heterocycles. The van der Waals surface area contributed by atoms with Gasteiger partial charge in [-0.15, -0.1) is 5.10 Å². The van der Waals surface area contributed by atoms with Crippen LogP contribution < -0.4 is 10.2 Å². The molecule has 0 saturated carbocycles. The average Bonchev–Trinajstić information content (AvgIpc) is 3.17. The van der Waals surface area contributed by atoms with Gasteiger partial charge in [0.25, 0.3) is 5.91 Å². The van der Waals surface area contributed by atoms with Gasteiger partial charge in [0.15, 0.2) is 6.61 Å². The van der Waals surface area contributed by atoms with Crippen molar-refractivity contribution in [3.63, 3.8) is 0 Å². The molecular weight excluding hydrogens is 324 g/mol. The van der Waals surface area contributed by atoms with Crippen LogP contribution in [0.2, 0.25) is 0 Å². The molecule has 126 valence electrons. The first-order valence-corrected chi connectivity index (χ1v) is 7.28. The van der Waals surface area contributed by atoms with Crippen LogP contribution in [-0.4, -0.2) is 44.0 Å². The summed E-state index contributed by atoms with van der Waals surface area (Å²) in [7, 11) is 0. The van der Waals surface area contributed by atoms with Crippen LogP contribution in [0.3, 0.4) is 0 Å². The second kappa shape index (κ2) is 7.68. The highest BCUT2D eigenvalue weighted by molar-refractivity contribution is 5.85. The van der Waals surface area contributed by atoms with Crippen LogP contribution in [0.5, 0.6) is 11.5 Å². The highest BCUT2D eigenvalue weighted by Gasteiger charge is 2.04. The van der Waals surface area contributed by atoms with Gasteiger partial charge in [0.1, 0.15) is 17.8 Å². The summed E-state index contributed by atoms with van der Waals surface area (Å²) >= 11 is 0. The zero-order valence-corrected chi connectivity index (χ0v) is 13.0. The zero-order valence-electron chi connectivity index (χ0n) is 13.0. The van der Waals surface area contributed by atoms with Crippen molar-refractivity contribution in [3.8, 4) is 17.2 Å². The number of benzene rings is 2. The fourth-order valence-electron chi connectivity index (χ4n) is 1.95. The molecular formula is C16H14N6O3. The number of nitrogens with zero attached hydrogens (tertiary/aromatic N) is 5. The number of amides is 1. The second-order valence-corrected chi connectivity index (χ2v) is 4.89. The van der Waals surface area contributed by atoms with Gasteiger partial charge in [-0.3, -0.25) is 4.79 Å². The van der Waals surface area contributed by atoms with Gasteiger partial charge in [0, 0.05) is 11.6 Å². The SMILES string of the molecule is O=C(COc1cccc(-n2cnnn2)c1)N/N=C\c1ccccc1O. The van der Waals surface area contributed by atoms with E-state index < -0.39 is 5.91 Å². The summed E-state index contributed by atoms with van der Waals surface area (Å²) in [5, 5.41) is 24.3. The van der Waals surface area contributed by atoms with Gasteiger partial charge in [-0.2, -0.15) is 5.10 Å². The molecule has 1 amide bonds. The third-order valence-corrected chi connectivity index (χ3v) is 3.13. The lowest BCUT2D eigenvalue weighted by molar-refractivity contribution is -0.123. The molecule has 0 atom stereocenters. The van der Waals surface area contributed by atoms with Crippen LogP contribution in [-0.2, 0) is 4.79 Å². The van der Waals surface area contributed by atoms with Gasteiger partial charge in [-0.25, -0.2) is 10.1 Å². The lowest BCUT2D eigenvalue weighted by atomic mass is 10.2. The zero-order chi connectivity index (χ0) is 17.5. The number of para-hydroxylation sites is 1. The van der Waals surface area contributed by atoms with Crippen LogP contribution in [0.25, 0.3) is 5.69 Å². The van der Waals surface area contributed by atoms with Crippen LogP contribution in [0.1, 0.15) is 5.56 Å². The minimum absolute atomic E-state index is 0.0798. The van der Waals surface area contributed by atoms with E-state index in [-0.39, 0.29) is 12.4 Å². The third kappa shape index (κ3) is 4.38. The molecule has 2 aromatic carbocycles. The van der Waals surface area contributed by atoms with Crippen molar-refractivity contribution in [2.75, 3.05) is 6.61 Å². The van der Waals surface area contributed by atoms with Crippen molar-refractivity contribution >= 4 is 12.1 Å². The second-order valence-electron chi connectivity index (χ2n) is 4.89. The molecule has 9 heteroatoms.